The average Bonchev–Trinajstić information content (AvgIpc) is 1.87. The molecule has 62 valence electrons. The van der Waals surface area contributed by atoms with E-state index < -0.39 is 0 Å². The zero-order valence-electron chi connectivity index (χ0n) is 8.00. The standard InChI is InChI=1S/C6H12O4.K.H/c1-6(8)10-5-4-9-3-2-7;;/h7H,2-5H2,1H3;;/q;+1;-1. The Kier molecular flexibility index (Phi) is 14.6. The molecule has 0 fully saturated rings. The number of hydrogen-bond acceptors (Lipinski definition) is 4. The maximum absolute atomic E-state index is 10.1. The minimum atomic E-state index is -0.312. The van der Waals surface area contributed by atoms with Crippen molar-refractivity contribution in [1.29, 1.82) is 0 Å². The zero-order valence-corrected chi connectivity index (χ0v) is 10.1. The van der Waals surface area contributed by atoms with Crippen molar-refractivity contribution in [3.63, 3.8) is 0 Å². The topological polar surface area (TPSA) is 55.8 Å². The van der Waals surface area contributed by atoms with Gasteiger partial charge < -0.3 is 16.0 Å². The molecular weight excluding hydrogens is 175 g/mol. The van der Waals surface area contributed by atoms with E-state index in [-0.39, 0.29) is 72.0 Å². The van der Waals surface area contributed by atoms with Crippen LogP contribution in [0.15, 0.2) is 0 Å². The number of carbonyl (C=O) groups is 1. The third-order valence-electron chi connectivity index (χ3n) is 0.769. The van der Waals surface area contributed by atoms with Gasteiger partial charge in [0, 0.05) is 6.92 Å². The summed E-state index contributed by atoms with van der Waals surface area (Å²) < 4.78 is 9.35. The minimum absolute atomic E-state index is 0. The summed E-state index contributed by atoms with van der Waals surface area (Å²) >= 11 is 0. The molecule has 0 aromatic rings. The van der Waals surface area contributed by atoms with E-state index in [1.54, 1.807) is 0 Å². The van der Waals surface area contributed by atoms with Gasteiger partial charge in [0.05, 0.1) is 19.8 Å². The molecule has 4 nitrogen and oxygen atoms in total. The van der Waals surface area contributed by atoms with Gasteiger partial charge in [0.2, 0.25) is 0 Å². The van der Waals surface area contributed by atoms with Crippen LogP contribution in [0, 0.1) is 0 Å². The Morgan fingerprint density at radius 3 is 2.55 bits per heavy atom. The van der Waals surface area contributed by atoms with E-state index in [1.165, 1.54) is 6.92 Å². The van der Waals surface area contributed by atoms with Crippen LogP contribution in [0.4, 0.5) is 0 Å². The van der Waals surface area contributed by atoms with Crippen LogP contribution < -0.4 is 51.4 Å². The van der Waals surface area contributed by atoms with Crippen molar-refractivity contribution < 1.29 is 72.2 Å². The molecule has 0 spiro atoms. The van der Waals surface area contributed by atoms with E-state index in [2.05, 4.69) is 4.74 Å². The summed E-state index contributed by atoms with van der Waals surface area (Å²) in [6.07, 6.45) is 0. The van der Waals surface area contributed by atoms with Crippen molar-refractivity contribution >= 4 is 5.97 Å². The second-order valence-corrected chi connectivity index (χ2v) is 1.68. The van der Waals surface area contributed by atoms with Gasteiger partial charge in [-0.15, -0.1) is 0 Å². The molecule has 0 radical (unpaired) electrons. The van der Waals surface area contributed by atoms with Gasteiger partial charge in [-0.3, -0.25) is 4.79 Å². The predicted octanol–water partition coefficient (Wildman–Crippen LogP) is -3.33. The van der Waals surface area contributed by atoms with Crippen molar-refractivity contribution in [2.75, 3.05) is 26.4 Å². The Morgan fingerprint density at radius 2 is 2.09 bits per heavy atom. The number of ether oxygens (including phenoxy) is 2. The van der Waals surface area contributed by atoms with Crippen LogP contribution in [0.1, 0.15) is 8.35 Å². The first kappa shape index (κ1) is 14.5. The van der Waals surface area contributed by atoms with Gasteiger partial charge in [0.15, 0.2) is 0 Å². The van der Waals surface area contributed by atoms with Gasteiger partial charge in [-0.1, -0.05) is 0 Å². The van der Waals surface area contributed by atoms with E-state index in [0.29, 0.717) is 13.2 Å². The van der Waals surface area contributed by atoms with E-state index in [4.69, 9.17) is 9.84 Å². The molecular formula is C6H13KO4. The maximum atomic E-state index is 10.1. The largest absolute Gasteiger partial charge is 1.00 e. The molecule has 0 rings (SSSR count). The van der Waals surface area contributed by atoms with Crippen molar-refractivity contribution in [3.8, 4) is 0 Å². The van der Waals surface area contributed by atoms with Gasteiger partial charge in [0.1, 0.15) is 6.61 Å². The Bertz CT molecular complexity index is 102. The minimum Gasteiger partial charge on any atom is -1.00 e. The summed E-state index contributed by atoms with van der Waals surface area (Å²) in [6.45, 7) is 2.24. The first-order valence-electron chi connectivity index (χ1n) is 3.09. The summed E-state index contributed by atoms with van der Waals surface area (Å²) in [5, 5.41) is 8.24. The summed E-state index contributed by atoms with van der Waals surface area (Å²) in [6, 6.07) is 0. The van der Waals surface area contributed by atoms with Crippen molar-refractivity contribution in [1.82, 2.24) is 0 Å². The number of aliphatic hydroxyl groups is 1. The van der Waals surface area contributed by atoms with Gasteiger partial charge in [-0.2, -0.15) is 0 Å². The molecule has 0 aliphatic rings. The van der Waals surface area contributed by atoms with Crippen LogP contribution in [-0.4, -0.2) is 37.5 Å². The fourth-order valence-electron chi connectivity index (χ4n) is 0.411. The summed E-state index contributed by atoms with van der Waals surface area (Å²) in [5.74, 6) is -0.312. The van der Waals surface area contributed by atoms with Crippen molar-refractivity contribution in [2.24, 2.45) is 0 Å². The number of hydrogen-bond donors (Lipinski definition) is 1. The molecule has 0 saturated heterocycles. The Labute approximate surface area is 110 Å². The summed E-state index contributed by atoms with van der Waals surface area (Å²) in [4.78, 5) is 10.1. The predicted molar refractivity (Wildman–Crippen MR) is 35.6 cm³/mol. The third-order valence-corrected chi connectivity index (χ3v) is 0.769. The molecule has 0 unspecified atom stereocenters. The maximum Gasteiger partial charge on any atom is 1.00 e. The number of aliphatic hydroxyl groups excluding tert-OH is 1. The summed E-state index contributed by atoms with van der Waals surface area (Å²) in [5.41, 5.74) is 0. The fraction of sp³-hybridized carbons (Fsp3) is 0.833. The average molecular weight is 188 g/mol. The van der Waals surface area contributed by atoms with E-state index in [9.17, 15) is 4.79 Å². The Morgan fingerprint density at radius 1 is 1.45 bits per heavy atom. The smallest absolute Gasteiger partial charge is 1.00 e. The molecule has 1 N–H and O–H groups in total. The first-order chi connectivity index (χ1) is 4.77. The zero-order chi connectivity index (χ0) is 7.82. The quantitative estimate of drug-likeness (QED) is 0.279. The van der Waals surface area contributed by atoms with Crippen LogP contribution in [0.5, 0.6) is 0 Å². The number of esters is 1. The van der Waals surface area contributed by atoms with Crippen LogP contribution in [0.2, 0.25) is 0 Å². The Hall–Kier alpha value is 1.03. The normalized spacial score (nSPS) is 8.55. The van der Waals surface area contributed by atoms with Crippen LogP contribution >= 0.6 is 0 Å². The van der Waals surface area contributed by atoms with Crippen molar-refractivity contribution in [2.45, 2.75) is 6.92 Å². The molecule has 0 atom stereocenters. The van der Waals surface area contributed by atoms with Gasteiger partial charge in [-0.05, 0) is 0 Å². The number of carbonyl (C=O) groups excluding carboxylic acids is 1. The van der Waals surface area contributed by atoms with E-state index in [1.807, 2.05) is 0 Å². The van der Waals surface area contributed by atoms with Gasteiger partial charge in [-0.25, -0.2) is 0 Å². The van der Waals surface area contributed by atoms with Gasteiger partial charge in [0.25, 0.3) is 0 Å². The summed E-state index contributed by atoms with van der Waals surface area (Å²) in [7, 11) is 0. The van der Waals surface area contributed by atoms with E-state index >= 15 is 0 Å². The van der Waals surface area contributed by atoms with Gasteiger partial charge >= 0.3 is 57.4 Å². The molecule has 0 heterocycles. The van der Waals surface area contributed by atoms with E-state index in [0.717, 1.165) is 0 Å². The molecule has 0 aromatic carbocycles. The SMILES string of the molecule is CC(=O)OCCOCCO.[H-].[K+]. The van der Waals surface area contributed by atoms with Crippen molar-refractivity contribution in [3.05, 3.63) is 0 Å². The second-order valence-electron chi connectivity index (χ2n) is 1.68. The molecule has 0 aromatic heterocycles. The second kappa shape index (κ2) is 11.0. The van der Waals surface area contributed by atoms with Crippen LogP contribution in [0.3, 0.4) is 0 Å². The molecule has 0 aliphatic heterocycles. The monoisotopic (exact) mass is 188 g/mol. The molecule has 0 bridgehead atoms. The number of rotatable bonds is 5. The molecule has 0 saturated carbocycles. The molecule has 11 heavy (non-hydrogen) atoms. The van der Waals surface area contributed by atoms with Crippen LogP contribution in [0.25, 0.3) is 0 Å². The fourth-order valence-corrected chi connectivity index (χ4v) is 0.411. The molecule has 0 amide bonds. The Balaban J connectivity index is -0.000000405. The third kappa shape index (κ3) is 13.9. The first-order valence-corrected chi connectivity index (χ1v) is 3.09. The molecule has 0 aliphatic carbocycles. The van der Waals surface area contributed by atoms with Crippen LogP contribution in [-0.2, 0) is 14.3 Å². The molecule has 5 heteroatoms.